The van der Waals surface area contributed by atoms with Crippen molar-refractivity contribution < 1.29 is 4.52 Å². The van der Waals surface area contributed by atoms with Crippen molar-refractivity contribution in [2.24, 2.45) is 5.92 Å². The molecule has 15 heavy (non-hydrogen) atoms. The minimum atomic E-state index is 0.435. The number of aromatic nitrogens is 1. The van der Waals surface area contributed by atoms with Crippen LogP contribution in [-0.4, -0.2) is 11.2 Å². The molecule has 0 aliphatic carbocycles. The maximum absolute atomic E-state index is 5.24. The highest BCUT2D eigenvalue weighted by Crippen LogP contribution is 2.14. The summed E-state index contributed by atoms with van der Waals surface area (Å²) in [5, 5.41) is 7.44. The van der Waals surface area contributed by atoms with Crippen LogP contribution in [-0.2, 0) is 6.54 Å². The standard InChI is InChI=1S/C12H22N2O/c1-8(2)10(5)13-7-11-6-12(9(3)4)14-15-11/h6,8-10,13H,7H2,1-5H3. The van der Waals surface area contributed by atoms with Crippen LogP contribution in [0.15, 0.2) is 10.6 Å². The Labute approximate surface area is 92.2 Å². The Balaban J connectivity index is 2.44. The molecule has 0 spiro atoms. The van der Waals surface area contributed by atoms with Gasteiger partial charge < -0.3 is 9.84 Å². The minimum Gasteiger partial charge on any atom is -0.360 e. The highest BCUT2D eigenvalue weighted by Gasteiger charge is 2.10. The third-order valence-corrected chi connectivity index (χ3v) is 2.77. The second kappa shape index (κ2) is 5.31. The van der Waals surface area contributed by atoms with Gasteiger partial charge in [-0.05, 0) is 18.8 Å². The van der Waals surface area contributed by atoms with Crippen molar-refractivity contribution in [1.29, 1.82) is 0 Å². The van der Waals surface area contributed by atoms with Crippen molar-refractivity contribution in [2.75, 3.05) is 0 Å². The van der Waals surface area contributed by atoms with Gasteiger partial charge in [0.05, 0.1) is 12.2 Å². The topological polar surface area (TPSA) is 38.1 Å². The van der Waals surface area contributed by atoms with Crippen LogP contribution in [0, 0.1) is 5.92 Å². The first-order valence-electron chi connectivity index (χ1n) is 5.69. The molecule has 1 rings (SSSR count). The Morgan fingerprint density at radius 2 is 1.93 bits per heavy atom. The average Bonchev–Trinajstić information content (AvgIpc) is 2.62. The Morgan fingerprint density at radius 3 is 2.40 bits per heavy atom. The fraction of sp³-hybridized carbons (Fsp3) is 0.750. The van der Waals surface area contributed by atoms with Crippen LogP contribution in [0.2, 0.25) is 0 Å². The van der Waals surface area contributed by atoms with E-state index in [4.69, 9.17) is 4.52 Å². The number of hydrogen-bond acceptors (Lipinski definition) is 3. The largest absolute Gasteiger partial charge is 0.360 e. The van der Waals surface area contributed by atoms with E-state index in [9.17, 15) is 0 Å². The summed E-state index contributed by atoms with van der Waals surface area (Å²) in [5.41, 5.74) is 1.03. The van der Waals surface area contributed by atoms with Crippen molar-refractivity contribution in [1.82, 2.24) is 10.5 Å². The summed E-state index contributed by atoms with van der Waals surface area (Å²) in [6.07, 6.45) is 0. The highest BCUT2D eigenvalue weighted by atomic mass is 16.5. The summed E-state index contributed by atoms with van der Waals surface area (Å²) in [4.78, 5) is 0. The van der Waals surface area contributed by atoms with Gasteiger partial charge in [0.1, 0.15) is 0 Å². The van der Waals surface area contributed by atoms with Crippen LogP contribution >= 0.6 is 0 Å². The van der Waals surface area contributed by atoms with Crippen molar-refractivity contribution in [2.45, 2.75) is 53.1 Å². The van der Waals surface area contributed by atoms with Crippen LogP contribution in [0.3, 0.4) is 0 Å². The van der Waals surface area contributed by atoms with E-state index in [2.05, 4.69) is 45.1 Å². The first-order valence-corrected chi connectivity index (χ1v) is 5.69. The summed E-state index contributed by atoms with van der Waals surface area (Å²) in [5.74, 6) is 1.99. The molecule has 1 aromatic rings. The predicted octanol–water partition coefficient (Wildman–Crippen LogP) is 2.93. The summed E-state index contributed by atoms with van der Waals surface area (Å²) in [6.45, 7) is 11.6. The van der Waals surface area contributed by atoms with Gasteiger partial charge in [-0.3, -0.25) is 0 Å². The van der Waals surface area contributed by atoms with Gasteiger partial charge in [0.2, 0.25) is 0 Å². The number of nitrogens with zero attached hydrogens (tertiary/aromatic N) is 1. The van der Waals surface area contributed by atoms with Crippen LogP contribution in [0.4, 0.5) is 0 Å². The lowest BCUT2D eigenvalue weighted by molar-refractivity contribution is 0.344. The monoisotopic (exact) mass is 210 g/mol. The number of hydrogen-bond donors (Lipinski definition) is 1. The van der Waals surface area contributed by atoms with E-state index in [1.54, 1.807) is 0 Å². The highest BCUT2D eigenvalue weighted by molar-refractivity contribution is 5.08. The molecular formula is C12H22N2O. The molecule has 1 unspecified atom stereocenters. The lowest BCUT2D eigenvalue weighted by Gasteiger charge is -2.15. The van der Waals surface area contributed by atoms with E-state index in [1.165, 1.54) is 0 Å². The molecule has 0 fully saturated rings. The first kappa shape index (κ1) is 12.2. The van der Waals surface area contributed by atoms with Gasteiger partial charge in [-0.1, -0.05) is 32.9 Å². The van der Waals surface area contributed by atoms with Gasteiger partial charge in [-0.25, -0.2) is 0 Å². The van der Waals surface area contributed by atoms with E-state index < -0.39 is 0 Å². The van der Waals surface area contributed by atoms with Crippen molar-refractivity contribution in [3.05, 3.63) is 17.5 Å². The summed E-state index contributed by atoms with van der Waals surface area (Å²) >= 11 is 0. The fourth-order valence-corrected chi connectivity index (χ4v) is 1.18. The van der Waals surface area contributed by atoms with Gasteiger partial charge in [0, 0.05) is 12.1 Å². The van der Waals surface area contributed by atoms with Gasteiger partial charge in [-0.15, -0.1) is 0 Å². The molecule has 0 amide bonds. The van der Waals surface area contributed by atoms with E-state index in [0.29, 0.717) is 17.9 Å². The zero-order valence-corrected chi connectivity index (χ0v) is 10.4. The summed E-state index contributed by atoms with van der Waals surface area (Å²) < 4.78 is 5.24. The van der Waals surface area contributed by atoms with E-state index >= 15 is 0 Å². The van der Waals surface area contributed by atoms with Crippen LogP contribution in [0.5, 0.6) is 0 Å². The van der Waals surface area contributed by atoms with E-state index in [1.807, 2.05) is 6.07 Å². The zero-order valence-electron chi connectivity index (χ0n) is 10.4. The lowest BCUT2D eigenvalue weighted by atomic mass is 10.1. The van der Waals surface area contributed by atoms with Gasteiger partial charge in [0.25, 0.3) is 0 Å². The Hall–Kier alpha value is -0.830. The SMILES string of the molecule is CC(C)c1cc(CNC(C)C(C)C)on1. The molecular weight excluding hydrogens is 188 g/mol. The molecule has 86 valence electrons. The minimum absolute atomic E-state index is 0.435. The fourth-order valence-electron chi connectivity index (χ4n) is 1.18. The maximum atomic E-state index is 5.24. The second-order valence-electron chi connectivity index (χ2n) is 4.79. The van der Waals surface area contributed by atoms with E-state index in [0.717, 1.165) is 18.0 Å². The summed E-state index contributed by atoms with van der Waals surface area (Å²) in [7, 11) is 0. The molecule has 0 radical (unpaired) electrons. The molecule has 3 heteroatoms. The van der Waals surface area contributed by atoms with Crippen molar-refractivity contribution in [3.8, 4) is 0 Å². The third kappa shape index (κ3) is 3.67. The Bertz CT molecular complexity index is 292. The normalized spacial score (nSPS) is 13.8. The second-order valence-corrected chi connectivity index (χ2v) is 4.79. The Morgan fingerprint density at radius 1 is 1.27 bits per heavy atom. The quantitative estimate of drug-likeness (QED) is 0.812. The molecule has 1 N–H and O–H groups in total. The van der Waals surface area contributed by atoms with Crippen molar-refractivity contribution in [3.63, 3.8) is 0 Å². The maximum Gasteiger partial charge on any atom is 0.150 e. The van der Waals surface area contributed by atoms with Crippen LogP contribution < -0.4 is 5.32 Å². The average molecular weight is 210 g/mol. The predicted molar refractivity (Wildman–Crippen MR) is 61.7 cm³/mol. The zero-order chi connectivity index (χ0) is 11.4. The van der Waals surface area contributed by atoms with Gasteiger partial charge >= 0.3 is 0 Å². The third-order valence-electron chi connectivity index (χ3n) is 2.77. The van der Waals surface area contributed by atoms with Gasteiger partial charge in [-0.2, -0.15) is 0 Å². The smallest absolute Gasteiger partial charge is 0.150 e. The van der Waals surface area contributed by atoms with E-state index in [-0.39, 0.29) is 0 Å². The lowest BCUT2D eigenvalue weighted by Crippen LogP contribution is -2.29. The van der Waals surface area contributed by atoms with Crippen LogP contribution in [0.25, 0.3) is 0 Å². The molecule has 1 aromatic heterocycles. The molecule has 0 bridgehead atoms. The molecule has 3 nitrogen and oxygen atoms in total. The Kier molecular flexibility index (Phi) is 4.33. The molecule has 0 aromatic carbocycles. The number of nitrogens with one attached hydrogen (secondary N) is 1. The van der Waals surface area contributed by atoms with Crippen LogP contribution in [0.1, 0.15) is 52.0 Å². The van der Waals surface area contributed by atoms with Gasteiger partial charge in [0.15, 0.2) is 5.76 Å². The van der Waals surface area contributed by atoms with Crippen molar-refractivity contribution >= 4 is 0 Å². The molecule has 0 aliphatic rings. The number of rotatable bonds is 5. The molecule has 0 saturated carbocycles. The first-order chi connectivity index (χ1) is 7.00. The molecule has 1 atom stereocenters. The molecule has 0 saturated heterocycles. The molecule has 1 heterocycles. The molecule has 0 aliphatic heterocycles. The summed E-state index contributed by atoms with van der Waals surface area (Å²) in [6, 6.07) is 2.53.